The number of nitriles is 1. The largest absolute Gasteiger partial charge is 0.389 e. The third kappa shape index (κ3) is 4.58. The number of aliphatic hydroxyl groups is 1. The summed E-state index contributed by atoms with van der Waals surface area (Å²) in [4.78, 5) is 19.8. The van der Waals surface area contributed by atoms with Crippen LogP contribution in [0.25, 0.3) is 0 Å². The Kier molecular flexibility index (Phi) is 6.95. The van der Waals surface area contributed by atoms with Gasteiger partial charge in [-0.3, -0.25) is 9.69 Å². The van der Waals surface area contributed by atoms with Crippen molar-refractivity contribution in [3.8, 4) is 6.07 Å². The first-order valence-electron chi connectivity index (χ1n) is 10.9. The maximum absolute atomic E-state index is 13.0. The molecule has 1 aromatic heterocycles. The number of pyridine rings is 1. The van der Waals surface area contributed by atoms with Gasteiger partial charge in [-0.2, -0.15) is 5.26 Å². The second-order valence-corrected chi connectivity index (χ2v) is 9.23. The van der Waals surface area contributed by atoms with Gasteiger partial charge in [0.25, 0.3) is 0 Å². The number of hydrogen-bond acceptors (Lipinski definition) is 6. The minimum absolute atomic E-state index is 0.00437. The maximum atomic E-state index is 13.0. The average molecular weight is 449 g/mol. The van der Waals surface area contributed by atoms with Gasteiger partial charge in [0.05, 0.1) is 22.9 Å². The molecular weight excluding hydrogens is 420 g/mol. The number of benzene rings is 1. The molecule has 6 nitrogen and oxygen atoms in total. The lowest BCUT2D eigenvalue weighted by molar-refractivity contribution is -0.130. The number of β-amino-alcohol motifs (C(OH)–C–C–N with tert-alkyl or cyclic N) is 1. The fraction of sp³-hybridized carbons (Fsp3) is 0.400. The Balaban J connectivity index is 1.52. The van der Waals surface area contributed by atoms with Crippen LogP contribution < -0.4 is 5.32 Å². The zero-order valence-corrected chi connectivity index (χ0v) is 19.0. The lowest BCUT2D eigenvalue weighted by Crippen LogP contribution is -2.62. The van der Waals surface area contributed by atoms with Gasteiger partial charge in [0.2, 0.25) is 5.91 Å². The number of rotatable bonds is 6. The monoisotopic (exact) mass is 448 g/mol. The van der Waals surface area contributed by atoms with Gasteiger partial charge in [0.15, 0.2) is 0 Å². The van der Waals surface area contributed by atoms with Crippen molar-refractivity contribution >= 4 is 17.7 Å². The number of piperidine rings is 1. The van der Waals surface area contributed by atoms with E-state index in [4.69, 9.17) is 0 Å². The van der Waals surface area contributed by atoms with Crippen LogP contribution in [0.2, 0.25) is 0 Å². The molecule has 1 aliphatic carbocycles. The van der Waals surface area contributed by atoms with E-state index in [0.717, 1.165) is 29.1 Å². The Bertz CT molecular complexity index is 1030. The molecule has 2 aliphatic rings. The predicted octanol–water partition coefficient (Wildman–Crippen LogP) is 3.22. The van der Waals surface area contributed by atoms with Crippen molar-refractivity contribution in [3.05, 3.63) is 71.4 Å². The van der Waals surface area contributed by atoms with Gasteiger partial charge in [0, 0.05) is 25.6 Å². The molecule has 0 spiro atoms. The number of thioether (sulfide) groups is 1. The highest BCUT2D eigenvalue weighted by atomic mass is 32.2. The highest BCUT2D eigenvalue weighted by Gasteiger charge is 2.45. The molecule has 7 heteroatoms. The Morgan fingerprint density at radius 1 is 1.28 bits per heavy atom. The smallest absolute Gasteiger partial charge is 0.224 e. The van der Waals surface area contributed by atoms with Crippen molar-refractivity contribution in [2.75, 3.05) is 19.3 Å². The van der Waals surface area contributed by atoms with Crippen molar-refractivity contribution in [3.63, 3.8) is 0 Å². The van der Waals surface area contributed by atoms with Gasteiger partial charge in [-0.1, -0.05) is 42.5 Å². The summed E-state index contributed by atoms with van der Waals surface area (Å²) < 4.78 is 0. The summed E-state index contributed by atoms with van der Waals surface area (Å²) in [7, 11) is 0. The number of aromatic nitrogens is 1. The average Bonchev–Trinajstić information content (AvgIpc) is 3.37. The molecule has 1 aromatic carbocycles. The van der Waals surface area contributed by atoms with E-state index < -0.39 is 11.6 Å². The number of likely N-dealkylation sites (tertiary alicyclic amines) is 1. The van der Waals surface area contributed by atoms with E-state index in [-0.39, 0.29) is 11.8 Å². The molecule has 2 atom stereocenters. The second-order valence-electron chi connectivity index (χ2n) is 8.44. The van der Waals surface area contributed by atoms with E-state index in [2.05, 4.69) is 21.3 Å². The molecule has 1 saturated heterocycles. The molecule has 0 bridgehead atoms. The van der Waals surface area contributed by atoms with Crippen molar-refractivity contribution in [1.82, 2.24) is 15.2 Å². The molecule has 1 fully saturated rings. The normalized spacial score (nSPS) is 23.7. The van der Waals surface area contributed by atoms with Gasteiger partial charge in [-0.25, -0.2) is 4.98 Å². The van der Waals surface area contributed by atoms with Gasteiger partial charge >= 0.3 is 0 Å². The van der Waals surface area contributed by atoms with E-state index >= 15 is 0 Å². The molecule has 0 unspecified atom stereocenters. The number of aliphatic hydroxyl groups excluding tert-OH is 1. The molecule has 4 rings (SSSR count). The number of nitrogens with zero attached hydrogens (tertiary/aromatic N) is 3. The van der Waals surface area contributed by atoms with Crippen LogP contribution in [-0.4, -0.2) is 46.3 Å². The number of amides is 1. The molecular formula is C25H28N4O2S. The maximum Gasteiger partial charge on any atom is 0.224 e. The summed E-state index contributed by atoms with van der Waals surface area (Å²) in [5, 5.41) is 24.6. The highest BCUT2D eigenvalue weighted by Crippen LogP contribution is 2.35. The summed E-state index contributed by atoms with van der Waals surface area (Å²) in [6.07, 6.45) is 7.36. The molecule has 2 N–H and O–H groups in total. The van der Waals surface area contributed by atoms with Crippen LogP contribution in [0.5, 0.6) is 0 Å². The first-order chi connectivity index (χ1) is 15.6. The Hall–Kier alpha value is -2.66. The fourth-order valence-corrected chi connectivity index (χ4v) is 5.16. The Labute approximate surface area is 193 Å². The lowest BCUT2D eigenvalue weighted by Gasteiger charge is -2.46. The first-order valence-corrected chi connectivity index (χ1v) is 12.1. The molecule has 1 amide bonds. The molecule has 2 aromatic rings. The quantitative estimate of drug-likeness (QED) is 0.521. The number of nitrogens with one attached hydrogen (secondary N) is 1. The van der Waals surface area contributed by atoms with Crippen LogP contribution in [0.15, 0.2) is 59.6 Å². The van der Waals surface area contributed by atoms with Gasteiger partial charge in [0.1, 0.15) is 11.1 Å². The third-order valence-electron chi connectivity index (χ3n) is 6.45. The summed E-state index contributed by atoms with van der Waals surface area (Å²) in [6, 6.07) is 15.7. The second kappa shape index (κ2) is 9.86. The van der Waals surface area contributed by atoms with E-state index in [9.17, 15) is 15.2 Å². The summed E-state index contributed by atoms with van der Waals surface area (Å²) in [5.41, 5.74) is 1.58. The minimum Gasteiger partial charge on any atom is -0.389 e. The number of hydrogen-bond donors (Lipinski definition) is 2. The zero-order valence-electron chi connectivity index (χ0n) is 18.2. The van der Waals surface area contributed by atoms with Gasteiger partial charge < -0.3 is 10.4 Å². The summed E-state index contributed by atoms with van der Waals surface area (Å²) in [6.45, 7) is 1.72. The zero-order chi connectivity index (χ0) is 22.6. The molecule has 0 saturated carbocycles. The summed E-state index contributed by atoms with van der Waals surface area (Å²) in [5.74, 6) is -0.0571. The first kappa shape index (κ1) is 22.5. The topological polar surface area (TPSA) is 89.2 Å². The highest BCUT2D eigenvalue weighted by molar-refractivity contribution is 7.98. The van der Waals surface area contributed by atoms with Crippen LogP contribution in [0.3, 0.4) is 0 Å². The third-order valence-corrected chi connectivity index (χ3v) is 7.15. The minimum atomic E-state index is -0.806. The van der Waals surface area contributed by atoms with Crippen LogP contribution in [0.4, 0.5) is 0 Å². The van der Waals surface area contributed by atoms with E-state index in [1.165, 1.54) is 11.8 Å². The van der Waals surface area contributed by atoms with Crippen LogP contribution in [0, 0.1) is 17.2 Å². The van der Waals surface area contributed by atoms with Crippen molar-refractivity contribution in [2.45, 2.75) is 42.5 Å². The molecule has 0 radical (unpaired) electrons. The van der Waals surface area contributed by atoms with Gasteiger partial charge in [-0.15, -0.1) is 11.8 Å². The predicted molar refractivity (Wildman–Crippen MR) is 125 cm³/mol. The molecule has 2 heterocycles. The fourth-order valence-electron chi connectivity index (χ4n) is 4.62. The van der Waals surface area contributed by atoms with Crippen molar-refractivity contribution < 1.29 is 9.90 Å². The van der Waals surface area contributed by atoms with E-state index in [0.29, 0.717) is 31.6 Å². The Morgan fingerprint density at radius 2 is 2.03 bits per heavy atom. The molecule has 166 valence electrons. The van der Waals surface area contributed by atoms with Crippen LogP contribution in [-0.2, 0) is 16.9 Å². The number of allylic oxidation sites excluding steroid dienone is 2. The Morgan fingerprint density at radius 3 is 2.69 bits per heavy atom. The van der Waals surface area contributed by atoms with E-state index in [1.807, 2.05) is 54.8 Å². The van der Waals surface area contributed by atoms with Gasteiger partial charge in [-0.05, 0) is 43.2 Å². The van der Waals surface area contributed by atoms with Crippen LogP contribution >= 0.6 is 11.8 Å². The SMILES string of the molecule is CSc1nc(CN2CC[C@@](NC(=O)C3CC=CC3)(c3ccccc3)[C@H](O)C2)ccc1C#N. The standard InChI is InChI=1S/C25H28N4O2S/c1-32-24-19(15-26)11-12-21(27-24)16-29-14-13-25(22(30)17-29,20-9-3-2-4-10-20)28-23(31)18-7-5-6-8-18/h2-6,9-12,18,22,30H,7-8,13-14,16-17H2,1H3,(H,28,31)/t22-,25-/m1/s1. The van der Waals surface area contributed by atoms with Crippen LogP contribution in [0.1, 0.15) is 36.1 Å². The molecule has 32 heavy (non-hydrogen) atoms. The van der Waals surface area contributed by atoms with Crippen molar-refractivity contribution in [2.24, 2.45) is 5.92 Å². The molecule has 1 aliphatic heterocycles. The van der Waals surface area contributed by atoms with Crippen molar-refractivity contribution in [1.29, 1.82) is 5.26 Å². The number of carbonyl (C=O) groups excluding carboxylic acids is 1. The van der Waals surface area contributed by atoms with E-state index in [1.54, 1.807) is 6.07 Å². The number of carbonyl (C=O) groups is 1. The lowest BCUT2D eigenvalue weighted by atomic mass is 9.78. The summed E-state index contributed by atoms with van der Waals surface area (Å²) >= 11 is 1.46.